The minimum atomic E-state index is -1.31. The summed E-state index contributed by atoms with van der Waals surface area (Å²) < 4.78 is 22.6. The zero-order valence-electron chi connectivity index (χ0n) is 20.3. The molecule has 0 amide bonds. The molecule has 8 heteroatoms. The Bertz CT molecular complexity index is 1020. The lowest BCUT2D eigenvalue weighted by molar-refractivity contribution is -0.155. The highest BCUT2D eigenvalue weighted by Crippen LogP contribution is 2.73. The number of esters is 2. The summed E-state index contributed by atoms with van der Waals surface area (Å²) in [6.45, 7) is 7.55. The van der Waals surface area contributed by atoms with Gasteiger partial charge in [-0.3, -0.25) is 14.4 Å². The van der Waals surface area contributed by atoms with Gasteiger partial charge < -0.3 is 24.1 Å². The molecule has 2 heterocycles. The van der Waals surface area contributed by atoms with E-state index in [-0.39, 0.29) is 35.1 Å². The highest BCUT2D eigenvalue weighted by atomic mass is 16.7. The van der Waals surface area contributed by atoms with Crippen molar-refractivity contribution in [2.24, 2.45) is 22.7 Å². The van der Waals surface area contributed by atoms with Crippen LogP contribution in [-0.2, 0) is 33.3 Å². The second-order valence-electron chi connectivity index (χ2n) is 12.1. The first-order valence-electron chi connectivity index (χ1n) is 12.5. The molecule has 6 rings (SSSR count). The first-order chi connectivity index (χ1) is 15.9. The van der Waals surface area contributed by atoms with Crippen molar-refractivity contribution in [1.82, 2.24) is 0 Å². The quantitative estimate of drug-likeness (QED) is 0.375. The fourth-order valence-electron chi connectivity index (χ4n) is 8.46. The van der Waals surface area contributed by atoms with Crippen LogP contribution in [0.25, 0.3) is 0 Å². The molecule has 2 aliphatic heterocycles. The maximum atomic E-state index is 13.3. The lowest BCUT2D eigenvalue weighted by Gasteiger charge is -2.60. The van der Waals surface area contributed by atoms with E-state index in [4.69, 9.17) is 18.9 Å². The average Bonchev–Trinajstić information content (AvgIpc) is 3.66. The number of ether oxygens (including phenoxy) is 4. The highest BCUT2D eigenvalue weighted by Gasteiger charge is 2.91. The lowest BCUT2D eigenvalue weighted by Crippen LogP contribution is -2.65. The number of hydrogen-bond donors (Lipinski definition) is 1. The molecule has 9 atom stereocenters. The molecule has 8 nitrogen and oxygen atoms in total. The van der Waals surface area contributed by atoms with Crippen molar-refractivity contribution in [2.45, 2.75) is 95.2 Å². The molecule has 5 fully saturated rings. The third-order valence-corrected chi connectivity index (χ3v) is 10.2. The molecule has 1 spiro atoms. The third-order valence-electron chi connectivity index (χ3n) is 10.2. The van der Waals surface area contributed by atoms with E-state index in [2.05, 4.69) is 19.9 Å². The van der Waals surface area contributed by atoms with Crippen LogP contribution in [0.5, 0.6) is 0 Å². The minimum Gasteiger partial charge on any atom is -0.465 e. The smallest absolute Gasteiger partial charge is 0.302 e. The SMILES string of the molecule is CC(=O)OC[C@]1(C)CCC[C@]2(C)[C@H]3C[C@@]45O[C@@H]4C(=O)[C@]4(COC(C)=O)O[C@@H]4[C@]5(O)CC3=CC[C@@H]12. The van der Waals surface area contributed by atoms with E-state index in [1.54, 1.807) is 0 Å². The van der Waals surface area contributed by atoms with Crippen LogP contribution in [0.2, 0.25) is 0 Å². The summed E-state index contributed by atoms with van der Waals surface area (Å²) in [6.07, 6.45) is 5.78. The Morgan fingerprint density at radius 2 is 1.82 bits per heavy atom. The van der Waals surface area contributed by atoms with Gasteiger partial charge in [-0.2, -0.15) is 0 Å². The van der Waals surface area contributed by atoms with E-state index in [0.29, 0.717) is 25.4 Å². The number of Topliss-reactive ketones (excluding diaryl/α,β-unsaturated/α-hetero) is 1. The number of ketones is 1. The molecule has 0 aromatic rings. The number of aliphatic hydroxyl groups is 1. The van der Waals surface area contributed by atoms with Gasteiger partial charge in [0, 0.05) is 25.7 Å². The summed E-state index contributed by atoms with van der Waals surface area (Å²) in [7, 11) is 0. The molecule has 186 valence electrons. The molecule has 4 aliphatic carbocycles. The van der Waals surface area contributed by atoms with Crippen LogP contribution in [0.3, 0.4) is 0 Å². The first-order valence-corrected chi connectivity index (χ1v) is 12.5. The van der Waals surface area contributed by atoms with Crippen LogP contribution < -0.4 is 0 Å². The van der Waals surface area contributed by atoms with Crippen molar-refractivity contribution in [3.05, 3.63) is 11.6 Å². The van der Waals surface area contributed by atoms with Gasteiger partial charge in [0.2, 0.25) is 5.78 Å². The standard InChI is InChI=1S/C26H34O8/c1-14(27)31-12-22(3)8-5-9-23(4)17-11-26-20(33-26)19(29)24(13-32-15(2)28)21(34-24)25(26,30)10-16(17)6-7-18(22)23/h6,17-18,20-21,30H,5,7-13H2,1-4H3/t17-,18-,20+,21-,22-,23+,24-,25+,26+/m0/s1. The van der Waals surface area contributed by atoms with Crippen LogP contribution >= 0.6 is 0 Å². The van der Waals surface area contributed by atoms with Gasteiger partial charge in [0.25, 0.3) is 0 Å². The van der Waals surface area contributed by atoms with E-state index in [1.807, 2.05) is 0 Å². The summed E-state index contributed by atoms with van der Waals surface area (Å²) in [5.41, 5.74) is -2.48. The maximum Gasteiger partial charge on any atom is 0.302 e. The molecule has 0 radical (unpaired) electrons. The Morgan fingerprint density at radius 1 is 1.12 bits per heavy atom. The fourth-order valence-corrected chi connectivity index (χ4v) is 8.46. The largest absolute Gasteiger partial charge is 0.465 e. The second kappa shape index (κ2) is 6.71. The topological polar surface area (TPSA) is 115 Å². The summed E-state index contributed by atoms with van der Waals surface area (Å²) in [4.78, 5) is 36.2. The monoisotopic (exact) mass is 474 g/mol. The molecular weight excluding hydrogens is 440 g/mol. The number of hydrogen-bond acceptors (Lipinski definition) is 8. The van der Waals surface area contributed by atoms with E-state index in [0.717, 1.165) is 25.7 Å². The molecule has 2 saturated heterocycles. The average molecular weight is 475 g/mol. The van der Waals surface area contributed by atoms with Gasteiger partial charge in [0.05, 0.1) is 6.61 Å². The van der Waals surface area contributed by atoms with Crippen LogP contribution in [-0.4, -0.2) is 65.1 Å². The van der Waals surface area contributed by atoms with Crippen molar-refractivity contribution in [3.8, 4) is 0 Å². The minimum absolute atomic E-state index is 0.0382. The normalized spacial score (nSPS) is 52.0. The molecule has 0 aromatic carbocycles. The van der Waals surface area contributed by atoms with Gasteiger partial charge in [-0.05, 0) is 42.9 Å². The van der Waals surface area contributed by atoms with Crippen molar-refractivity contribution in [2.75, 3.05) is 13.2 Å². The highest BCUT2D eigenvalue weighted by molar-refractivity contribution is 6.00. The Labute approximate surface area is 199 Å². The summed E-state index contributed by atoms with van der Waals surface area (Å²) >= 11 is 0. The Kier molecular flexibility index (Phi) is 4.47. The van der Waals surface area contributed by atoms with Gasteiger partial charge in [-0.15, -0.1) is 0 Å². The summed E-state index contributed by atoms with van der Waals surface area (Å²) in [5, 5.41) is 12.0. The maximum absolute atomic E-state index is 13.3. The third kappa shape index (κ3) is 2.68. The zero-order chi connectivity index (χ0) is 24.3. The number of allylic oxidation sites excluding steroid dienone is 1. The predicted molar refractivity (Wildman–Crippen MR) is 117 cm³/mol. The molecular formula is C26H34O8. The van der Waals surface area contributed by atoms with E-state index >= 15 is 0 Å². The Balaban J connectivity index is 1.32. The van der Waals surface area contributed by atoms with Crippen LogP contribution in [0.15, 0.2) is 11.6 Å². The number of rotatable bonds is 4. The van der Waals surface area contributed by atoms with Crippen molar-refractivity contribution in [1.29, 1.82) is 0 Å². The fraction of sp³-hybridized carbons (Fsp3) is 0.808. The molecule has 6 aliphatic rings. The Morgan fingerprint density at radius 3 is 2.53 bits per heavy atom. The summed E-state index contributed by atoms with van der Waals surface area (Å²) in [6, 6.07) is 0. The number of carbonyl (C=O) groups excluding carboxylic acids is 3. The number of fused-ring (bicyclic) bond motifs is 5. The lowest BCUT2D eigenvalue weighted by atomic mass is 9.44. The molecule has 3 saturated carbocycles. The Hall–Kier alpha value is -1.77. The van der Waals surface area contributed by atoms with Gasteiger partial charge in [-0.1, -0.05) is 31.9 Å². The molecule has 34 heavy (non-hydrogen) atoms. The van der Waals surface area contributed by atoms with Crippen LogP contribution in [0.4, 0.5) is 0 Å². The van der Waals surface area contributed by atoms with Crippen molar-refractivity contribution >= 4 is 17.7 Å². The molecule has 0 unspecified atom stereocenters. The van der Waals surface area contributed by atoms with Gasteiger partial charge in [0.1, 0.15) is 23.9 Å². The molecule has 0 bridgehead atoms. The van der Waals surface area contributed by atoms with Crippen molar-refractivity contribution < 1.29 is 38.4 Å². The van der Waals surface area contributed by atoms with Crippen molar-refractivity contribution in [3.63, 3.8) is 0 Å². The number of epoxide rings is 2. The second-order valence-corrected chi connectivity index (χ2v) is 12.1. The first kappa shape index (κ1) is 22.7. The number of carbonyl (C=O) groups is 3. The van der Waals surface area contributed by atoms with Gasteiger partial charge >= 0.3 is 11.9 Å². The predicted octanol–water partition coefficient (Wildman–Crippen LogP) is 2.25. The van der Waals surface area contributed by atoms with Gasteiger partial charge in [0.15, 0.2) is 11.7 Å². The zero-order valence-corrected chi connectivity index (χ0v) is 20.3. The molecule has 0 aromatic heterocycles. The van der Waals surface area contributed by atoms with E-state index < -0.39 is 35.0 Å². The van der Waals surface area contributed by atoms with Gasteiger partial charge in [-0.25, -0.2) is 0 Å². The van der Waals surface area contributed by atoms with Crippen LogP contribution in [0, 0.1) is 22.7 Å². The van der Waals surface area contributed by atoms with Crippen LogP contribution in [0.1, 0.15) is 66.2 Å². The summed E-state index contributed by atoms with van der Waals surface area (Å²) in [5.74, 6) is -0.429. The van der Waals surface area contributed by atoms with E-state index in [1.165, 1.54) is 19.4 Å². The molecule has 1 N–H and O–H groups in total. The van der Waals surface area contributed by atoms with E-state index in [9.17, 15) is 19.5 Å².